The second kappa shape index (κ2) is 6.75. The van der Waals surface area contributed by atoms with E-state index in [1.165, 1.54) is 0 Å². The Balaban J connectivity index is 2.64. The number of aromatic amines is 1. The molecule has 0 bridgehead atoms. The predicted molar refractivity (Wildman–Crippen MR) is 77.4 cm³/mol. The Bertz CT molecular complexity index is 418. The van der Waals surface area contributed by atoms with Crippen LogP contribution in [-0.2, 0) is 0 Å². The van der Waals surface area contributed by atoms with Gasteiger partial charge in [0.05, 0.1) is 5.60 Å². The Morgan fingerprint density at radius 1 is 1.32 bits per heavy atom. The van der Waals surface area contributed by atoms with E-state index in [9.17, 15) is 9.90 Å². The van der Waals surface area contributed by atoms with Crippen LogP contribution in [0, 0.1) is 13.8 Å². The van der Waals surface area contributed by atoms with Gasteiger partial charge in [0.15, 0.2) is 0 Å². The van der Waals surface area contributed by atoms with Crippen molar-refractivity contribution in [2.45, 2.75) is 59.0 Å². The van der Waals surface area contributed by atoms with E-state index in [0.717, 1.165) is 24.1 Å². The minimum atomic E-state index is -0.783. The van der Waals surface area contributed by atoms with Gasteiger partial charge in [0.2, 0.25) is 0 Å². The van der Waals surface area contributed by atoms with Gasteiger partial charge in [0, 0.05) is 12.2 Å². The Hall–Kier alpha value is -1.29. The molecule has 0 aliphatic heterocycles. The number of aromatic nitrogens is 1. The number of H-pyrrole nitrogens is 1. The van der Waals surface area contributed by atoms with E-state index in [2.05, 4.69) is 10.3 Å². The molecule has 1 heterocycles. The summed E-state index contributed by atoms with van der Waals surface area (Å²) in [6, 6.07) is 1.94. The van der Waals surface area contributed by atoms with Gasteiger partial charge in [0.1, 0.15) is 5.69 Å². The number of hydrogen-bond donors (Lipinski definition) is 3. The topological polar surface area (TPSA) is 65.1 Å². The van der Waals surface area contributed by atoms with Crippen molar-refractivity contribution in [2.75, 3.05) is 6.54 Å². The van der Waals surface area contributed by atoms with Gasteiger partial charge in [-0.15, -0.1) is 0 Å². The number of nitrogens with one attached hydrogen (secondary N) is 2. The minimum absolute atomic E-state index is 0.142. The van der Waals surface area contributed by atoms with Crippen molar-refractivity contribution in [2.24, 2.45) is 0 Å². The van der Waals surface area contributed by atoms with Crippen molar-refractivity contribution in [1.82, 2.24) is 10.3 Å². The molecule has 19 heavy (non-hydrogen) atoms. The number of carbonyl (C=O) groups excluding carboxylic acids is 1. The summed E-state index contributed by atoms with van der Waals surface area (Å²) in [5.74, 6) is -0.142. The van der Waals surface area contributed by atoms with Gasteiger partial charge < -0.3 is 15.4 Å². The summed E-state index contributed by atoms with van der Waals surface area (Å²) >= 11 is 0. The number of carbonyl (C=O) groups is 1. The highest BCUT2D eigenvalue weighted by Gasteiger charge is 2.26. The van der Waals surface area contributed by atoms with E-state index in [4.69, 9.17) is 0 Å². The van der Waals surface area contributed by atoms with Crippen molar-refractivity contribution < 1.29 is 9.90 Å². The van der Waals surface area contributed by atoms with Crippen molar-refractivity contribution in [1.29, 1.82) is 0 Å². The molecule has 1 aromatic rings. The molecule has 0 atom stereocenters. The Morgan fingerprint density at radius 3 is 2.32 bits per heavy atom. The molecular formula is C15H26N2O2. The van der Waals surface area contributed by atoms with Crippen molar-refractivity contribution in [3.8, 4) is 0 Å². The molecule has 4 nitrogen and oxygen atoms in total. The normalized spacial score (nSPS) is 11.6. The van der Waals surface area contributed by atoms with Crippen LogP contribution in [0.5, 0.6) is 0 Å². The fourth-order valence-corrected chi connectivity index (χ4v) is 2.53. The van der Waals surface area contributed by atoms with E-state index < -0.39 is 5.60 Å². The average Bonchev–Trinajstić information content (AvgIpc) is 2.66. The van der Waals surface area contributed by atoms with Crippen LogP contribution in [0.15, 0.2) is 6.07 Å². The van der Waals surface area contributed by atoms with Gasteiger partial charge in [-0.3, -0.25) is 4.79 Å². The third-order valence-corrected chi connectivity index (χ3v) is 3.39. The van der Waals surface area contributed by atoms with Gasteiger partial charge in [-0.1, -0.05) is 26.7 Å². The SMILES string of the molecule is CCCC(O)(CCC)CNC(=O)c1[nH]c(C)cc1C. The standard InChI is InChI=1S/C15H26N2O2/c1-5-7-15(19,8-6-2)10-16-14(18)13-11(3)9-12(4)17-13/h9,17,19H,5-8,10H2,1-4H3,(H,16,18). The van der Waals surface area contributed by atoms with Gasteiger partial charge >= 0.3 is 0 Å². The lowest BCUT2D eigenvalue weighted by Gasteiger charge is -2.27. The number of amides is 1. The van der Waals surface area contributed by atoms with Crippen LogP contribution in [0.25, 0.3) is 0 Å². The summed E-state index contributed by atoms with van der Waals surface area (Å²) in [4.78, 5) is 15.1. The first-order valence-electron chi connectivity index (χ1n) is 7.08. The van der Waals surface area contributed by atoms with Gasteiger partial charge in [-0.25, -0.2) is 0 Å². The molecular weight excluding hydrogens is 240 g/mol. The lowest BCUT2D eigenvalue weighted by molar-refractivity contribution is 0.0212. The molecule has 0 aliphatic carbocycles. The molecule has 3 N–H and O–H groups in total. The van der Waals surface area contributed by atoms with E-state index >= 15 is 0 Å². The molecule has 0 fully saturated rings. The van der Waals surface area contributed by atoms with Crippen LogP contribution in [0.4, 0.5) is 0 Å². The summed E-state index contributed by atoms with van der Waals surface area (Å²) in [5.41, 5.74) is 1.71. The Kier molecular flexibility index (Phi) is 5.60. The van der Waals surface area contributed by atoms with Crippen LogP contribution in [0.2, 0.25) is 0 Å². The maximum absolute atomic E-state index is 12.1. The highest BCUT2D eigenvalue weighted by atomic mass is 16.3. The van der Waals surface area contributed by atoms with Crippen LogP contribution in [-0.4, -0.2) is 28.1 Å². The molecule has 0 aromatic carbocycles. The highest BCUT2D eigenvalue weighted by Crippen LogP contribution is 2.19. The zero-order chi connectivity index (χ0) is 14.5. The zero-order valence-electron chi connectivity index (χ0n) is 12.5. The molecule has 1 aromatic heterocycles. The molecule has 1 rings (SSSR count). The first-order chi connectivity index (χ1) is 8.91. The number of aliphatic hydroxyl groups is 1. The number of hydrogen-bond acceptors (Lipinski definition) is 2. The second-order valence-electron chi connectivity index (χ2n) is 5.42. The van der Waals surface area contributed by atoms with E-state index in [1.807, 2.05) is 33.8 Å². The fraction of sp³-hybridized carbons (Fsp3) is 0.667. The zero-order valence-corrected chi connectivity index (χ0v) is 12.5. The predicted octanol–water partition coefficient (Wildman–Crippen LogP) is 2.69. The molecule has 0 saturated carbocycles. The summed E-state index contributed by atoms with van der Waals surface area (Å²) < 4.78 is 0. The van der Waals surface area contributed by atoms with Crippen molar-refractivity contribution in [3.05, 3.63) is 23.0 Å². The monoisotopic (exact) mass is 266 g/mol. The Morgan fingerprint density at radius 2 is 1.89 bits per heavy atom. The average molecular weight is 266 g/mol. The first-order valence-corrected chi connectivity index (χ1v) is 7.08. The van der Waals surface area contributed by atoms with Gasteiger partial charge in [-0.2, -0.15) is 0 Å². The number of aryl methyl sites for hydroxylation is 2. The largest absolute Gasteiger partial charge is 0.388 e. The Labute approximate surface area is 115 Å². The quantitative estimate of drug-likeness (QED) is 0.710. The molecule has 4 heteroatoms. The van der Waals surface area contributed by atoms with Crippen molar-refractivity contribution in [3.63, 3.8) is 0 Å². The summed E-state index contributed by atoms with van der Waals surface area (Å²) in [5, 5.41) is 13.3. The summed E-state index contributed by atoms with van der Waals surface area (Å²) in [6.07, 6.45) is 3.24. The summed E-state index contributed by atoms with van der Waals surface area (Å²) in [7, 11) is 0. The van der Waals surface area contributed by atoms with Crippen LogP contribution in [0.1, 0.15) is 61.3 Å². The molecule has 108 valence electrons. The first kappa shape index (κ1) is 15.8. The smallest absolute Gasteiger partial charge is 0.268 e. The van der Waals surface area contributed by atoms with Crippen LogP contribution < -0.4 is 5.32 Å². The lowest BCUT2D eigenvalue weighted by Crippen LogP contribution is -2.43. The van der Waals surface area contributed by atoms with Gasteiger partial charge in [-0.05, 0) is 38.3 Å². The molecule has 0 spiro atoms. The molecule has 0 unspecified atom stereocenters. The molecule has 1 amide bonds. The maximum Gasteiger partial charge on any atom is 0.268 e. The van der Waals surface area contributed by atoms with E-state index in [0.29, 0.717) is 25.1 Å². The molecule has 0 radical (unpaired) electrons. The lowest BCUT2D eigenvalue weighted by atomic mass is 9.92. The number of rotatable bonds is 7. The van der Waals surface area contributed by atoms with Gasteiger partial charge in [0.25, 0.3) is 5.91 Å². The highest BCUT2D eigenvalue weighted by molar-refractivity contribution is 5.94. The molecule has 0 saturated heterocycles. The second-order valence-corrected chi connectivity index (χ2v) is 5.42. The minimum Gasteiger partial charge on any atom is -0.388 e. The van der Waals surface area contributed by atoms with Crippen molar-refractivity contribution >= 4 is 5.91 Å². The third kappa shape index (κ3) is 4.39. The fourth-order valence-electron chi connectivity index (χ4n) is 2.53. The van der Waals surface area contributed by atoms with Crippen LogP contribution in [0.3, 0.4) is 0 Å². The molecule has 0 aliphatic rings. The van der Waals surface area contributed by atoms with E-state index in [1.54, 1.807) is 0 Å². The third-order valence-electron chi connectivity index (χ3n) is 3.39. The summed E-state index contributed by atoms with van der Waals surface area (Å²) in [6.45, 7) is 8.23. The van der Waals surface area contributed by atoms with E-state index in [-0.39, 0.29) is 5.91 Å². The maximum atomic E-state index is 12.1. The van der Waals surface area contributed by atoms with Crippen LogP contribution >= 0.6 is 0 Å².